The number of amides is 1. The number of hydrogen-bond acceptors (Lipinski definition) is 3. The first kappa shape index (κ1) is 17.2. The fourth-order valence-corrected chi connectivity index (χ4v) is 4.09. The summed E-state index contributed by atoms with van der Waals surface area (Å²) in [7, 11) is 0. The highest BCUT2D eigenvalue weighted by molar-refractivity contribution is 5.92. The Morgan fingerprint density at radius 2 is 2.00 bits per heavy atom. The highest BCUT2D eigenvalue weighted by Crippen LogP contribution is 2.29. The first-order valence-corrected chi connectivity index (χ1v) is 9.26. The first-order chi connectivity index (χ1) is 12.5. The van der Waals surface area contributed by atoms with Gasteiger partial charge in [0.15, 0.2) is 0 Å². The van der Waals surface area contributed by atoms with E-state index >= 15 is 0 Å². The monoisotopic (exact) mass is 357 g/mol. The molecule has 0 saturated carbocycles. The molecule has 3 heterocycles. The molecule has 5 nitrogen and oxygen atoms in total. The predicted octanol–water partition coefficient (Wildman–Crippen LogP) is 3.00. The van der Waals surface area contributed by atoms with E-state index in [0.717, 1.165) is 30.8 Å². The van der Waals surface area contributed by atoms with Crippen molar-refractivity contribution < 1.29 is 13.9 Å². The number of fused-ring (bicyclic) bond motifs is 1. The van der Waals surface area contributed by atoms with E-state index in [0.29, 0.717) is 18.8 Å². The minimum atomic E-state index is -0.203. The van der Waals surface area contributed by atoms with Crippen LogP contribution in [0.15, 0.2) is 30.5 Å². The van der Waals surface area contributed by atoms with E-state index in [1.165, 1.54) is 6.07 Å². The van der Waals surface area contributed by atoms with E-state index in [1.54, 1.807) is 12.1 Å². The smallest absolute Gasteiger partial charge is 0.274 e. The topological polar surface area (TPSA) is 47.4 Å². The number of morpholine rings is 1. The van der Waals surface area contributed by atoms with Crippen molar-refractivity contribution >= 4 is 5.91 Å². The highest BCUT2D eigenvalue weighted by Gasteiger charge is 2.30. The van der Waals surface area contributed by atoms with E-state index in [-0.39, 0.29) is 29.9 Å². The number of carbonyl (C=O) groups excluding carboxylic acids is 1. The lowest BCUT2D eigenvalue weighted by molar-refractivity contribution is -0.0587. The Balaban J connectivity index is 1.51. The van der Waals surface area contributed by atoms with Crippen molar-refractivity contribution in [2.24, 2.45) is 0 Å². The molecule has 3 unspecified atom stereocenters. The van der Waals surface area contributed by atoms with Gasteiger partial charge in [-0.1, -0.05) is 12.1 Å². The molecule has 1 amide bonds. The van der Waals surface area contributed by atoms with Crippen LogP contribution in [-0.2, 0) is 17.7 Å². The Morgan fingerprint density at radius 1 is 1.23 bits per heavy atom. The molecular formula is C20H24FN3O2. The standard InChI is InChI=1S/C20H24FN3O2/c1-13-9-24(10-14(2)26-13)20(25)18-12-23-11-16(6-7-19(23)22-18)15-4-3-5-17(21)8-15/h3-5,8,12-14,16H,6-7,9-11H2,1-2H3. The molecule has 0 N–H and O–H groups in total. The molecule has 2 aromatic rings. The van der Waals surface area contributed by atoms with E-state index in [1.807, 2.05) is 31.0 Å². The lowest BCUT2D eigenvalue weighted by atomic mass is 9.91. The Kier molecular flexibility index (Phi) is 4.53. The summed E-state index contributed by atoms with van der Waals surface area (Å²) in [6.07, 6.45) is 3.65. The summed E-state index contributed by atoms with van der Waals surface area (Å²) >= 11 is 0. The molecule has 1 fully saturated rings. The molecule has 1 aromatic heterocycles. The molecule has 26 heavy (non-hydrogen) atoms. The van der Waals surface area contributed by atoms with Gasteiger partial charge in [-0.2, -0.15) is 0 Å². The maximum atomic E-state index is 13.5. The van der Waals surface area contributed by atoms with Gasteiger partial charge in [-0.3, -0.25) is 4.79 Å². The van der Waals surface area contributed by atoms with Gasteiger partial charge < -0.3 is 14.2 Å². The molecular weight excluding hydrogens is 333 g/mol. The van der Waals surface area contributed by atoms with Gasteiger partial charge in [0.25, 0.3) is 5.91 Å². The number of benzene rings is 1. The van der Waals surface area contributed by atoms with Gasteiger partial charge >= 0.3 is 0 Å². The summed E-state index contributed by atoms with van der Waals surface area (Å²) in [4.78, 5) is 19.3. The number of aromatic nitrogens is 2. The lowest BCUT2D eigenvalue weighted by Crippen LogP contribution is -2.48. The van der Waals surface area contributed by atoms with E-state index in [2.05, 4.69) is 9.55 Å². The first-order valence-electron chi connectivity index (χ1n) is 9.26. The molecule has 1 saturated heterocycles. The van der Waals surface area contributed by atoms with Crippen LogP contribution in [0.2, 0.25) is 0 Å². The van der Waals surface area contributed by atoms with Crippen LogP contribution in [0.4, 0.5) is 4.39 Å². The number of hydrogen-bond donors (Lipinski definition) is 0. The summed E-state index contributed by atoms with van der Waals surface area (Å²) in [5.74, 6) is 0.954. The summed E-state index contributed by atoms with van der Waals surface area (Å²) in [6.45, 7) is 5.89. The Labute approximate surface area is 152 Å². The number of imidazole rings is 1. The number of halogens is 1. The second-order valence-corrected chi connectivity index (χ2v) is 7.45. The van der Waals surface area contributed by atoms with Gasteiger partial charge in [0.05, 0.1) is 12.2 Å². The number of aryl methyl sites for hydroxylation is 1. The Hall–Kier alpha value is -2.21. The van der Waals surface area contributed by atoms with E-state index in [9.17, 15) is 9.18 Å². The predicted molar refractivity (Wildman–Crippen MR) is 95.6 cm³/mol. The normalized spacial score (nSPS) is 25.8. The average molecular weight is 357 g/mol. The van der Waals surface area contributed by atoms with Gasteiger partial charge in [0.2, 0.25) is 0 Å². The molecule has 2 aliphatic heterocycles. The van der Waals surface area contributed by atoms with Crippen molar-refractivity contribution in [2.75, 3.05) is 13.1 Å². The molecule has 3 atom stereocenters. The zero-order valence-corrected chi connectivity index (χ0v) is 15.2. The largest absolute Gasteiger partial charge is 0.372 e. The number of ether oxygens (including phenoxy) is 1. The average Bonchev–Trinajstić information content (AvgIpc) is 3.03. The van der Waals surface area contributed by atoms with Crippen molar-refractivity contribution in [3.63, 3.8) is 0 Å². The molecule has 0 aliphatic carbocycles. The number of rotatable bonds is 2. The summed E-state index contributed by atoms with van der Waals surface area (Å²) in [5, 5.41) is 0. The van der Waals surface area contributed by atoms with E-state index < -0.39 is 0 Å². The summed E-state index contributed by atoms with van der Waals surface area (Å²) in [6, 6.07) is 6.80. The van der Waals surface area contributed by atoms with Crippen LogP contribution in [0.3, 0.4) is 0 Å². The maximum Gasteiger partial charge on any atom is 0.274 e. The molecule has 0 spiro atoms. The molecule has 138 valence electrons. The van der Waals surface area contributed by atoms with Crippen LogP contribution in [-0.4, -0.2) is 45.7 Å². The van der Waals surface area contributed by atoms with Crippen LogP contribution in [0, 0.1) is 5.82 Å². The Morgan fingerprint density at radius 3 is 2.73 bits per heavy atom. The van der Waals surface area contributed by atoms with Crippen LogP contribution in [0.25, 0.3) is 0 Å². The third-order valence-corrected chi connectivity index (χ3v) is 5.24. The third kappa shape index (κ3) is 3.38. The summed E-state index contributed by atoms with van der Waals surface area (Å²) in [5.41, 5.74) is 1.51. The molecule has 1 aromatic carbocycles. The van der Waals surface area contributed by atoms with Gasteiger partial charge in [-0.05, 0) is 38.0 Å². The van der Waals surface area contributed by atoms with Crippen molar-refractivity contribution in [3.8, 4) is 0 Å². The second kappa shape index (κ2) is 6.83. The van der Waals surface area contributed by atoms with E-state index in [4.69, 9.17) is 4.74 Å². The van der Waals surface area contributed by atoms with Crippen LogP contribution in [0.1, 0.15) is 48.1 Å². The van der Waals surface area contributed by atoms with Crippen molar-refractivity contribution in [3.05, 3.63) is 53.4 Å². The SMILES string of the molecule is CC1CN(C(=O)c2cn3c(n2)CCC(c2cccc(F)c2)C3)CC(C)O1. The third-order valence-electron chi connectivity index (χ3n) is 5.24. The molecule has 0 bridgehead atoms. The van der Waals surface area contributed by atoms with Crippen LogP contribution in [0.5, 0.6) is 0 Å². The Bertz CT molecular complexity index is 809. The number of nitrogens with zero attached hydrogens (tertiary/aromatic N) is 3. The van der Waals surface area contributed by atoms with Gasteiger partial charge in [0.1, 0.15) is 17.3 Å². The van der Waals surface area contributed by atoms with Crippen LogP contribution >= 0.6 is 0 Å². The highest BCUT2D eigenvalue weighted by atomic mass is 19.1. The van der Waals surface area contributed by atoms with Gasteiger partial charge in [0, 0.05) is 38.2 Å². The second-order valence-electron chi connectivity index (χ2n) is 7.45. The fraction of sp³-hybridized carbons (Fsp3) is 0.500. The van der Waals surface area contributed by atoms with Gasteiger partial charge in [-0.15, -0.1) is 0 Å². The minimum Gasteiger partial charge on any atom is -0.372 e. The molecule has 4 rings (SSSR count). The van der Waals surface area contributed by atoms with Crippen molar-refractivity contribution in [2.45, 2.75) is 51.4 Å². The number of carbonyl (C=O) groups is 1. The minimum absolute atomic E-state index is 0.0313. The fourth-order valence-electron chi connectivity index (χ4n) is 4.09. The van der Waals surface area contributed by atoms with Crippen molar-refractivity contribution in [1.29, 1.82) is 0 Å². The van der Waals surface area contributed by atoms with Crippen molar-refractivity contribution in [1.82, 2.24) is 14.5 Å². The van der Waals surface area contributed by atoms with Crippen LogP contribution < -0.4 is 0 Å². The maximum absolute atomic E-state index is 13.5. The molecule has 2 aliphatic rings. The quantitative estimate of drug-likeness (QED) is 0.830. The zero-order valence-electron chi connectivity index (χ0n) is 15.2. The lowest BCUT2D eigenvalue weighted by Gasteiger charge is -2.34. The van der Waals surface area contributed by atoms with Gasteiger partial charge in [-0.25, -0.2) is 9.37 Å². The zero-order chi connectivity index (χ0) is 18.3. The molecule has 6 heteroatoms. The summed E-state index contributed by atoms with van der Waals surface area (Å²) < 4.78 is 21.3. The molecule has 0 radical (unpaired) electrons.